The first kappa shape index (κ1) is 44.4. The van der Waals surface area contributed by atoms with Gasteiger partial charge in [-0.25, -0.2) is 0 Å². The molecular formula is C31H65N5O6. The molecule has 0 aromatic heterocycles. The van der Waals surface area contributed by atoms with Crippen molar-refractivity contribution in [2.24, 2.45) is 27.7 Å². The number of hydrogen-bond donors (Lipinski definition) is 6. The summed E-state index contributed by atoms with van der Waals surface area (Å²) in [5.41, 5.74) is 14.5. The Morgan fingerprint density at radius 2 is 1.31 bits per heavy atom. The third-order valence-electron chi connectivity index (χ3n) is 5.26. The number of carboxylic acids is 1. The molecule has 11 heteroatoms. The number of hydroxylamine groups is 1. The summed E-state index contributed by atoms with van der Waals surface area (Å²) >= 11 is 0. The molecular weight excluding hydrogens is 538 g/mol. The van der Waals surface area contributed by atoms with E-state index in [0.717, 1.165) is 19.4 Å². The Kier molecular flexibility index (Phi) is 22.8. The molecule has 250 valence electrons. The standard InChI is InChI=1S/C15H27N3O5.C9H21NO.C7H17N/c1-9(19)8-17-13(21)11(7-15(2,3)4)18-12(20)6-5-10(16)14(22)23;1-6-11-10-8(2)7-9(3,4)5;1-6(8)5-7(2,3)4/h10-11H,5-8,16H2,1-4H3,(H,17,21)(H,18,20)(H,22,23);8,10H,6-7H2,1-5H3;6H,5,8H2,1-4H3. The van der Waals surface area contributed by atoms with Crippen LogP contribution in [-0.2, 0) is 24.0 Å². The van der Waals surface area contributed by atoms with E-state index in [9.17, 15) is 19.2 Å². The van der Waals surface area contributed by atoms with E-state index in [1.165, 1.54) is 6.92 Å². The molecule has 11 nitrogen and oxygen atoms in total. The number of aliphatic carboxylic acids is 1. The highest BCUT2D eigenvalue weighted by Crippen LogP contribution is 2.22. The van der Waals surface area contributed by atoms with Gasteiger partial charge in [0.15, 0.2) is 0 Å². The van der Waals surface area contributed by atoms with Crippen molar-refractivity contribution in [2.75, 3.05) is 13.2 Å². The van der Waals surface area contributed by atoms with Crippen LogP contribution in [0, 0.1) is 16.2 Å². The third-order valence-corrected chi connectivity index (χ3v) is 5.26. The van der Waals surface area contributed by atoms with Gasteiger partial charge in [0.05, 0.1) is 13.2 Å². The minimum absolute atomic E-state index is 0.0154. The Balaban J connectivity index is -0.000000658. The lowest BCUT2D eigenvalue weighted by Crippen LogP contribution is -2.49. The van der Waals surface area contributed by atoms with Gasteiger partial charge < -0.3 is 32.0 Å². The fraction of sp³-hybridized carbons (Fsp3) is 0.871. The Hall–Kier alpha value is -2.08. The molecule has 0 saturated carbocycles. The molecule has 0 aliphatic rings. The first-order valence-electron chi connectivity index (χ1n) is 15.0. The molecule has 0 bridgehead atoms. The summed E-state index contributed by atoms with van der Waals surface area (Å²) in [6.45, 7) is 27.2. The minimum atomic E-state index is -1.18. The molecule has 0 saturated heterocycles. The molecule has 0 heterocycles. The van der Waals surface area contributed by atoms with Crippen molar-refractivity contribution in [3.05, 3.63) is 0 Å². The summed E-state index contributed by atoms with van der Waals surface area (Å²) < 4.78 is 0. The van der Waals surface area contributed by atoms with Crippen LogP contribution in [0.3, 0.4) is 0 Å². The van der Waals surface area contributed by atoms with Crippen LogP contribution in [0.4, 0.5) is 0 Å². The highest BCUT2D eigenvalue weighted by Gasteiger charge is 2.27. The van der Waals surface area contributed by atoms with E-state index in [-0.39, 0.29) is 30.6 Å². The maximum absolute atomic E-state index is 12.1. The number of nitrogens with one attached hydrogen (secondary N) is 3. The fourth-order valence-electron chi connectivity index (χ4n) is 3.98. The maximum atomic E-state index is 12.1. The number of carbonyl (C=O) groups is 4. The summed E-state index contributed by atoms with van der Waals surface area (Å²) in [5.74, 6) is -2.25. The van der Waals surface area contributed by atoms with E-state index in [2.05, 4.69) is 64.6 Å². The number of amides is 2. The van der Waals surface area contributed by atoms with Crippen molar-refractivity contribution in [1.82, 2.24) is 16.1 Å². The van der Waals surface area contributed by atoms with Crippen molar-refractivity contribution in [2.45, 2.75) is 146 Å². The number of carboxylic acid groups (broad SMARTS) is 1. The van der Waals surface area contributed by atoms with Crippen molar-refractivity contribution in [3.8, 4) is 0 Å². The number of ketones is 1. The van der Waals surface area contributed by atoms with E-state index < -0.39 is 29.9 Å². The third kappa shape index (κ3) is 34.1. The average molecular weight is 604 g/mol. The summed E-state index contributed by atoms with van der Waals surface area (Å²) in [5, 5.41) is 13.7. The van der Waals surface area contributed by atoms with E-state index in [4.69, 9.17) is 21.4 Å². The Morgan fingerprint density at radius 3 is 1.64 bits per heavy atom. The van der Waals surface area contributed by atoms with Crippen LogP contribution >= 0.6 is 0 Å². The minimum Gasteiger partial charge on any atom is -0.480 e. The molecule has 4 atom stereocenters. The smallest absolute Gasteiger partial charge is 0.320 e. The number of nitrogens with two attached hydrogens (primary N) is 2. The average Bonchev–Trinajstić information content (AvgIpc) is 2.76. The van der Waals surface area contributed by atoms with Crippen molar-refractivity contribution in [3.63, 3.8) is 0 Å². The normalized spacial score (nSPS) is 14.5. The SMILES string of the molecule is CC(=O)CNC(=O)C(CC(C)(C)C)NC(=O)CCC(N)C(=O)O.CC(N)CC(C)(C)C.CCONC(C)CC(C)(C)C. The molecule has 0 aromatic rings. The quantitative estimate of drug-likeness (QED) is 0.160. The van der Waals surface area contributed by atoms with E-state index >= 15 is 0 Å². The molecule has 2 amide bonds. The van der Waals surface area contributed by atoms with Crippen LogP contribution < -0.4 is 27.6 Å². The predicted octanol–water partition coefficient (Wildman–Crippen LogP) is 3.93. The lowest BCUT2D eigenvalue weighted by molar-refractivity contribution is -0.139. The Bertz CT molecular complexity index is 782. The van der Waals surface area contributed by atoms with Crippen molar-refractivity contribution >= 4 is 23.6 Å². The second kappa shape index (κ2) is 21.6. The number of carbonyl (C=O) groups excluding carboxylic acids is 3. The molecule has 8 N–H and O–H groups in total. The molecule has 0 aliphatic carbocycles. The van der Waals surface area contributed by atoms with Crippen LogP contribution in [0.1, 0.15) is 122 Å². The van der Waals surface area contributed by atoms with E-state index in [0.29, 0.717) is 29.3 Å². The fourth-order valence-corrected chi connectivity index (χ4v) is 3.98. The number of hydrogen-bond acceptors (Lipinski definition) is 8. The lowest BCUT2D eigenvalue weighted by Gasteiger charge is -2.26. The van der Waals surface area contributed by atoms with Gasteiger partial charge in [0, 0.05) is 18.5 Å². The zero-order valence-electron chi connectivity index (χ0n) is 28.9. The topological polar surface area (TPSA) is 186 Å². The summed E-state index contributed by atoms with van der Waals surface area (Å²) in [6.07, 6.45) is 2.51. The van der Waals surface area contributed by atoms with Crippen LogP contribution in [0.2, 0.25) is 0 Å². The van der Waals surface area contributed by atoms with Crippen LogP contribution in [0.15, 0.2) is 0 Å². The van der Waals surface area contributed by atoms with Crippen molar-refractivity contribution in [1.29, 1.82) is 0 Å². The summed E-state index contributed by atoms with van der Waals surface area (Å²) in [7, 11) is 0. The van der Waals surface area contributed by atoms with Gasteiger partial charge in [0.25, 0.3) is 0 Å². The molecule has 42 heavy (non-hydrogen) atoms. The van der Waals surface area contributed by atoms with Crippen LogP contribution in [0.25, 0.3) is 0 Å². The molecule has 0 spiro atoms. The van der Waals surface area contributed by atoms with Crippen LogP contribution in [-0.4, -0.2) is 66.0 Å². The van der Waals surface area contributed by atoms with Crippen LogP contribution in [0.5, 0.6) is 0 Å². The zero-order chi connectivity index (χ0) is 33.9. The highest BCUT2D eigenvalue weighted by molar-refractivity contribution is 5.90. The monoisotopic (exact) mass is 603 g/mol. The zero-order valence-corrected chi connectivity index (χ0v) is 28.9. The number of rotatable bonds is 14. The first-order valence-corrected chi connectivity index (χ1v) is 15.0. The van der Waals surface area contributed by atoms with E-state index in [1.54, 1.807) is 0 Å². The van der Waals surface area contributed by atoms with Gasteiger partial charge in [0.2, 0.25) is 11.8 Å². The van der Waals surface area contributed by atoms with Gasteiger partial charge in [-0.1, -0.05) is 62.3 Å². The molecule has 0 rings (SSSR count). The summed E-state index contributed by atoms with van der Waals surface area (Å²) in [6, 6.07) is -1.12. The van der Waals surface area contributed by atoms with Gasteiger partial charge in [-0.15, -0.1) is 0 Å². The first-order chi connectivity index (χ1) is 18.8. The highest BCUT2D eigenvalue weighted by atomic mass is 16.6. The lowest BCUT2D eigenvalue weighted by atomic mass is 9.87. The molecule has 0 fully saturated rings. The van der Waals surface area contributed by atoms with Gasteiger partial charge in [-0.05, 0) is 69.6 Å². The summed E-state index contributed by atoms with van der Waals surface area (Å²) in [4.78, 5) is 50.7. The molecule has 4 unspecified atom stereocenters. The van der Waals surface area contributed by atoms with Gasteiger partial charge >= 0.3 is 5.97 Å². The van der Waals surface area contributed by atoms with Gasteiger partial charge in [-0.3, -0.25) is 19.2 Å². The van der Waals surface area contributed by atoms with E-state index in [1.807, 2.05) is 34.6 Å². The maximum Gasteiger partial charge on any atom is 0.320 e. The molecule has 0 aliphatic heterocycles. The van der Waals surface area contributed by atoms with Gasteiger partial charge in [-0.2, -0.15) is 5.48 Å². The number of Topliss-reactive ketones (excluding diaryl/α,β-unsaturated/α-hetero) is 1. The van der Waals surface area contributed by atoms with Gasteiger partial charge in [0.1, 0.15) is 17.9 Å². The second-order valence-corrected chi connectivity index (χ2v) is 14.7. The Labute approximate surface area is 256 Å². The largest absolute Gasteiger partial charge is 0.480 e. The molecule has 0 radical (unpaired) electrons. The Morgan fingerprint density at radius 1 is 0.833 bits per heavy atom. The molecule has 0 aromatic carbocycles. The second-order valence-electron chi connectivity index (χ2n) is 14.7. The predicted molar refractivity (Wildman–Crippen MR) is 171 cm³/mol. The van der Waals surface area contributed by atoms with Crippen molar-refractivity contribution < 1.29 is 29.1 Å².